The molecule has 6 heteroatoms. The Morgan fingerprint density at radius 2 is 1.90 bits per heavy atom. The van der Waals surface area contributed by atoms with E-state index in [1.54, 1.807) is 35.1 Å². The summed E-state index contributed by atoms with van der Waals surface area (Å²) in [4.78, 5) is 19.0. The molecular weight excluding hydrogens is 411 g/mol. The molecule has 0 saturated heterocycles. The lowest BCUT2D eigenvalue weighted by atomic mass is 9.83. The van der Waals surface area contributed by atoms with E-state index in [0.29, 0.717) is 15.1 Å². The molecule has 3 heterocycles. The second-order valence-corrected chi connectivity index (χ2v) is 8.69. The third-order valence-corrected chi connectivity index (χ3v) is 6.86. The minimum absolute atomic E-state index is 0.111. The molecule has 0 N–H and O–H groups in total. The molecule has 4 nitrogen and oxygen atoms in total. The lowest BCUT2D eigenvalue weighted by molar-refractivity contribution is 0.556. The first kappa shape index (κ1) is 18.3. The van der Waals surface area contributed by atoms with Crippen molar-refractivity contribution >= 4 is 23.1 Å². The highest BCUT2D eigenvalue weighted by molar-refractivity contribution is 7.07. The van der Waals surface area contributed by atoms with Crippen LogP contribution in [0.3, 0.4) is 0 Å². The van der Waals surface area contributed by atoms with Crippen LogP contribution in [0.15, 0.2) is 86.7 Å². The zero-order valence-corrected chi connectivity index (χ0v) is 17.2. The summed E-state index contributed by atoms with van der Waals surface area (Å²) in [6.07, 6.45) is 5.03. The summed E-state index contributed by atoms with van der Waals surface area (Å²) < 4.78 is 21.4. The Morgan fingerprint density at radius 1 is 1.06 bits per heavy atom. The van der Waals surface area contributed by atoms with Crippen LogP contribution in [0.4, 0.5) is 4.39 Å². The van der Waals surface area contributed by atoms with Gasteiger partial charge in [-0.15, -0.1) is 0 Å². The van der Waals surface area contributed by atoms with Crippen molar-refractivity contribution in [3.63, 3.8) is 0 Å². The number of rotatable bonds is 2. The lowest BCUT2D eigenvalue weighted by Crippen LogP contribution is -2.38. The number of aryl methyl sites for hydroxylation is 1. The smallest absolute Gasteiger partial charge is 0.271 e. The first-order valence-electron chi connectivity index (χ1n) is 10.1. The average molecular weight is 428 g/mol. The molecule has 6 rings (SSSR count). The number of hydrogen-bond donors (Lipinski definition) is 0. The molecule has 152 valence electrons. The molecule has 0 saturated carbocycles. The van der Waals surface area contributed by atoms with Crippen molar-refractivity contribution in [3.05, 3.63) is 120 Å². The number of halogens is 1. The molecule has 0 bridgehead atoms. The molecule has 0 radical (unpaired) electrons. The summed E-state index contributed by atoms with van der Waals surface area (Å²) in [6, 6.07) is 18.0. The van der Waals surface area contributed by atoms with Crippen molar-refractivity contribution in [1.82, 2.24) is 4.57 Å². The average Bonchev–Trinajstić information content (AvgIpc) is 3.41. The molecule has 2 aromatic heterocycles. The summed E-state index contributed by atoms with van der Waals surface area (Å²) in [6.45, 7) is 0. The summed E-state index contributed by atoms with van der Waals surface area (Å²) in [5.41, 5.74) is 5.18. The van der Waals surface area contributed by atoms with Gasteiger partial charge in [-0.05, 0) is 53.8 Å². The number of hydrogen-bond acceptors (Lipinski definition) is 4. The number of aromatic nitrogens is 1. The van der Waals surface area contributed by atoms with E-state index in [4.69, 9.17) is 9.41 Å². The fourth-order valence-electron chi connectivity index (χ4n) is 4.47. The van der Waals surface area contributed by atoms with Gasteiger partial charge in [0.25, 0.3) is 5.56 Å². The number of fused-ring (bicyclic) bond motifs is 3. The SMILES string of the molecule is O=c1/c(=C\c2ccco2)sc2n1[C@H](c1ccc(F)cc1)C1=C(N=2)c2ccccc2CC1. The maximum absolute atomic E-state index is 13.7. The largest absolute Gasteiger partial charge is 0.465 e. The predicted molar refractivity (Wildman–Crippen MR) is 118 cm³/mol. The van der Waals surface area contributed by atoms with Gasteiger partial charge >= 0.3 is 0 Å². The van der Waals surface area contributed by atoms with Gasteiger partial charge in [-0.1, -0.05) is 47.7 Å². The third kappa shape index (κ3) is 2.94. The topological polar surface area (TPSA) is 47.5 Å². The van der Waals surface area contributed by atoms with Crippen LogP contribution >= 0.6 is 11.3 Å². The Bertz CT molecular complexity index is 1510. The summed E-state index contributed by atoms with van der Waals surface area (Å²) in [5, 5.41) is 0. The Labute approximate surface area is 180 Å². The van der Waals surface area contributed by atoms with Crippen LogP contribution in [0, 0.1) is 5.82 Å². The molecule has 2 aliphatic rings. The van der Waals surface area contributed by atoms with E-state index in [-0.39, 0.29) is 17.4 Å². The number of nitrogens with zero attached hydrogens (tertiary/aromatic N) is 2. The summed E-state index contributed by atoms with van der Waals surface area (Å²) in [7, 11) is 0. The van der Waals surface area contributed by atoms with Crippen LogP contribution in [0.2, 0.25) is 0 Å². The van der Waals surface area contributed by atoms with Crippen molar-refractivity contribution in [3.8, 4) is 0 Å². The Hall–Kier alpha value is -3.51. The van der Waals surface area contributed by atoms with Gasteiger partial charge < -0.3 is 4.42 Å². The summed E-state index contributed by atoms with van der Waals surface area (Å²) >= 11 is 1.35. The van der Waals surface area contributed by atoms with E-state index in [1.807, 2.05) is 18.2 Å². The Balaban J connectivity index is 1.65. The van der Waals surface area contributed by atoms with Gasteiger partial charge in [0.15, 0.2) is 4.80 Å². The molecule has 1 aliphatic heterocycles. The van der Waals surface area contributed by atoms with E-state index < -0.39 is 0 Å². The maximum Gasteiger partial charge on any atom is 0.271 e. The lowest BCUT2D eigenvalue weighted by Gasteiger charge is -2.30. The fourth-order valence-corrected chi connectivity index (χ4v) is 5.45. The van der Waals surface area contributed by atoms with Gasteiger partial charge in [0.05, 0.1) is 22.5 Å². The molecule has 2 aromatic carbocycles. The highest BCUT2D eigenvalue weighted by Crippen LogP contribution is 2.41. The van der Waals surface area contributed by atoms with E-state index >= 15 is 0 Å². The fraction of sp³-hybridized carbons (Fsp3) is 0.120. The molecule has 0 unspecified atom stereocenters. The second kappa shape index (κ2) is 7.03. The van der Waals surface area contributed by atoms with Crippen molar-refractivity contribution in [2.45, 2.75) is 18.9 Å². The first-order chi connectivity index (χ1) is 15.2. The van der Waals surface area contributed by atoms with Gasteiger partial charge in [0.1, 0.15) is 11.6 Å². The van der Waals surface area contributed by atoms with Crippen molar-refractivity contribution < 1.29 is 8.81 Å². The van der Waals surface area contributed by atoms with Crippen LogP contribution < -0.4 is 14.9 Å². The van der Waals surface area contributed by atoms with Crippen LogP contribution in [-0.4, -0.2) is 4.57 Å². The highest BCUT2D eigenvalue weighted by Gasteiger charge is 2.32. The molecule has 1 atom stereocenters. The number of allylic oxidation sites excluding steroid dienone is 1. The van der Waals surface area contributed by atoms with Crippen LogP contribution in [-0.2, 0) is 6.42 Å². The highest BCUT2D eigenvalue weighted by atomic mass is 32.1. The zero-order chi connectivity index (χ0) is 20.9. The van der Waals surface area contributed by atoms with Crippen LogP contribution in [0.1, 0.15) is 34.9 Å². The Kier molecular flexibility index (Phi) is 4.14. The van der Waals surface area contributed by atoms with Gasteiger partial charge in [-0.2, -0.15) is 0 Å². The molecule has 0 fully saturated rings. The van der Waals surface area contributed by atoms with Crippen molar-refractivity contribution in [2.24, 2.45) is 4.99 Å². The van der Waals surface area contributed by atoms with E-state index in [1.165, 1.54) is 29.0 Å². The molecule has 31 heavy (non-hydrogen) atoms. The standard InChI is InChI=1S/C25H17FN2O2S/c26-17-10-7-16(8-11-17)23-20-12-9-15-4-1-2-6-19(15)22(20)27-25-28(23)24(29)21(31-25)14-18-5-3-13-30-18/h1-8,10-11,13-14,23H,9,12H2/b21-14+/t23-/m1/s1. The second-order valence-electron chi connectivity index (χ2n) is 7.68. The number of furan rings is 1. The zero-order valence-electron chi connectivity index (χ0n) is 16.4. The van der Waals surface area contributed by atoms with Crippen molar-refractivity contribution in [1.29, 1.82) is 0 Å². The van der Waals surface area contributed by atoms with E-state index in [0.717, 1.165) is 35.2 Å². The molecule has 0 spiro atoms. The number of benzene rings is 2. The van der Waals surface area contributed by atoms with Gasteiger partial charge in [-0.25, -0.2) is 9.38 Å². The molecule has 0 amide bonds. The van der Waals surface area contributed by atoms with Gasteiger partial charge in [-0.3, -0.25) is 9.36 Å². The van der Waals surface area contributed by atoms with Gasteiger partial charge in [0, 0.05) is 11.6 Å². The first-order valence-corrected chi connectivity index (χ1v) is 10.9. The van der Waals surface area contributed by atoms with E-state index in [9.17, 15) is 9.18 Å². The van der Waals surface area contributed by atoms with Crippen LogP contribution in [0.5, 0.6) is 0 Å². The quantitative estimate of drug-likeness (QED) is 0.484. The number of thiazole rings is 1. The predicted octanol–water partition coefficient (Wildman–Crippen LogP) is 4.05. The monoisotopic (exact) mass is 428 g/mol. The minimum atomic E-state index is -0.307. The van der Waals surface area contributed by atoms with E-state index in [2.05, 4.69) is 12.1 Å². The maximum atomic E-state index is 13.7. The molecule has 1 aliphatic carbocycles. The third-order valence-electron chi connectivity index (χ3n) is 5.88. The van der Waals surface area contributed by atoms with Crippen molar-refractivity contribution in [2.75, 3.05) is 0 Å². The molecule has 4 aromatic rings. The Morgan fingerprint density at radius 3 is 2.71 bits per heavy atom. The molecular formula is C25H17FN2O2S. The normalized spacial score (nSPS) is 17.7. The summed E-state index contributed by atoms with van der Waals surface area (Å²) in [5.74, 6) is 0.329. The minimum Gasteiger partial charge on any atom is -0.465 e. The van der Waals surface area contributed by atoms with Crippen LogP contribution in [0.25, 0.3) is 11.8 Å². The van der Waals surface area contributed by atoms with Gasteiger partial charge in [0.2, 0.25) is 0 Å².